The van der Waals surface area contributed by atoms with E-state index in [4.69, 9.17) is 16.3 Å². The van der Waals surface area contributed by atoms with Crippen molar-refractivity contribution in [3.63, 3.8) is 0 Å². The maximum absolute atomic E-state index is 12.2. The summed E-state index contributed by atoms with van der Waals surface area (Å²) < 4.78 is 5.69. The van der Waals surface area contributed by atoms with Gasteiger partial charge in [0.2, 0.25) is 5.91 Å². The second-order valence-electron chi connectivity index (χ2n) is 6.10. The van der Waals surface area contributed by atoms with Crippen molar-refractivity contribution < 1.29 is 14.3 Å². The van der Waals surface area contributed by atoms with Gasteiger partial charge in [0.15, 0.2) is 0 Å². The van der Waals surface area contributed by atoms with E-state index in [-0.39, 0.29) is 12.3 Å². The molecular weight excluding hydrogens is 376 g/mol. The number of hydrogen-bond acceptors (Lipinski definition) is 3. The molecule has 5 nitrogen and oxygen atoms in total. The summed E-state index contributed by atoms with van der Waals surface area (Å²) in [5, 5.41) is 0.605. The largest absolute Gasteiger partial charge is 0.489 e. The van der Waals surface area contributed by atoms with Crippen molar-refractivity contribution in [3.8, 4) is 5.75 Å². The zero-order valence-corrected chi connectivity index (χ0v) is 15.8. The smallest absolute Gasteiger partial charge is 0.269 e. The molecule has 3 aromatic carbocycles. The molecule has 0 bridgehead atoms. The number of rotatable bonds is 6. The van der Waals surface area contributed by atoms with Crippen molar-refractivity contribution in [3.05, 3.63) is 101 Å². The van der Waals surface area contributed by atoms with Crippen molar-refractivity contribution in [2.75, 3.05) is 0 Å². The summed E-state index contributed by atoms with van der Waals surface area (Å²) in [7, 11) is 0. The third kappa shape index (κ3) is 5.86. The maximum Gasteiger partial charge on any atom is 0.269 e. The Morgan fingerprint density at radius 3 is 2.14 bits per heavy atom. The Labute approximate surface area is 168 Å². The predicted octanol–water partition coefficient (Wildman–Crippen LogP) is 3.92. The molecule has 0 radical (unpaired) electrons. The van der Waals surface area contributed by atoms with Gasteiger partial charge in [-0.25, -0.2) is 0 Å². The molecule has 3 rings (SSSR count). The quantitative estimate of drug-likeness (QED) is 0.622. The summed E-state index contributed by atoms with van der Waals surface area (Å²) in [4.78, 5) is 24.1. The van der Waals surface area contributed by atoms with Crippen LogP contribution in [0.5, 0.6) is 5.75 Å². The van der Waals surface area contributed by atoms with Crippen molar-refractivity contribution in [2.24, 2.45) is 0 Å². The lowest BCUT2D eigenvalue weighted by Gasteiger charge is -2.09. The van der Waals surface area contributed by atoms with Crippen LogP contribution in [0.3, 0.4) is 0 Å². The normalized spacial score (nSPS) is 10.2. The summed E-state index contributed by atoms with van der Waals surface area (Å²) in [5.41, 5.74) is 7.09. The van der Waals surface area contributed by atoms with Gasteiger partial charge in [-0.3, -0.25) is 20.4 Å². The first-order valence-electron chi connectivity index (χ1n) is 8.70. The Kier molecular flexibility index (Phi) is 6.65. The van der Waals surface area contributed by atoms with Crippen LogP contribution in [0.1, 0.15) is 21.5 Å². The van der Waals surface area contributed by atoms with Gasteiger partial charge in [0.25, 0.3) is 5.91 Å². The van der Waals surface area contributed by atoms with E-state index in [1.807, 2.05) is 30.3 Å². The molecule has 142 valence electrons. The van der Waals surface area contributed by atoms with E-state index in [1.54, 1.807) is 48.5 Å². The van der Waals surface area contributed by atoms with Crippen molar-refractivity contribution in [1.82, 2.24) is 10.9 Å². The number of carbonyl (C=O) groups excluding carboxylic acids is 2. The lowest BCUT2D eigenvalue weighted by Crippen LogP contribution is -2.42. The first-order chi connectivity index (χ1) is 13.6. The van der Waals surface area contributed by atoms with Crippen molar-refractivity contribution in [1.29, 1.82) is 0 Å². The molecular formula is C22H19ClN2O3. The highest BCUT2D eigenvalue weighted by Crippen LogP contribution is 2.14. The Bertz CT molecular complexity index is 926. The molecule has 0 aliphatic carbocycles. The Hall–Kier alpha value is -3.31. The summed E-state index contributed by atoms with van der Waals surface area (Å²) in [6.45, 7) is 0.452. The minimum atomic E-state index is -0.404. The maximum atomic E-state index is 12.2. The van der Waals surface area contributed by atoms with Crippen LogP contribution in [0.25, 0.3) is 0 Å². The lowest BCUT2D eigenvalue weighted by atomic mass is 10.1. The fourth-order valence-corrected chi connectivity index (χ4v) is 2.60. The zero-order valence-electron chi connectivity index (χ0n) is 15.0. The van der Waals surface area contributed by atoms with E-state index < -0.39 is 5.91 Å². The highest BCUT2D eigenvalue weighted by Gasteiger charge is 2.08. The molecule has 0 aliphatic heterocycles. The molecule has 0 aromatic heterocycles. The number of hydrogen-bond donors (Lipinski definition) is 2. The molecule has 0 saturated carbocycles. The van der Waals surface area contributed by atoms with Gasteiger partial charge in [0, 0.05) is 10.6 Å². The molecule has 6 heteroatoms. The van der Waals surface area contributed by atoms with E-state index in [1.165, 1.54) is 0 Å². The number of carbonyl (C=O) groups is 2. The highest BCUT2D eigenvalue weighted by molar-refractivity contribution is 6.30. The average Bonchev–Trinajstić information content (AvgIpc) is 2.73. The summed E-state index contributed by atoms with van der Waals surface area (Å²) >= 11 is 5.81. The van der Waals surface area contributed by atoms with Gasteiger partial charge in [0.05, 0.1) is 6.42 Å². The van der Waals surface area contributed by atoms with Crippen LogP contribution in [0.15, 0.2) is 78.9 Å². The fraction of sp³-hybridized carbons (Fsp3) is 0.0909. The van der Waals surface area contributed by atoms with Gasteiger partial charge in [-0.05, 0) is 47.5 Å². The third-order valence-corrected chi connectivity index (χ3v) is 4.21. The molecule has 0 fully saturated rings. The topological polar surface area (TPSA) is 67.4 Å². The molecule has 0 saturated heterocycles. The molecule has 28 heavy (non-hydrogen) atoms. The second-order valence-corrected chi connectivity index (χ2v) is 6.54. The number of nitrogens with one attached hydrogen (secondary N) is 2. The molecule has 0 unspecified atom stereocenters. The van der Waals surface area contributed by atoms with Gasteiger partial charge in [-0.1, -0.05) is 54.1 Å². The first-order valence-corrected chi connectivity index (χ1v) is 9.08. The molecule has 0 atom stereocenters. The SMILES string of the molecule is O=C(Cc1ccc(Cl)cc1)NNC(=O)c1ccc(OCc2ccccc2)cc1. The van der Waals surface area contributed by atoms with Crippen LogP contribution in [-0.2, 0) is 17.8 Å². The molecule has 0 heterocycles. The minimum absolute atomic E-state index is 0.143. The van der Waals surface area contributed by atoms with Gasteiger partial charge >= 0.3 is 0 Å². The van der Waals surface area contributed by atoms with E-state index in [9.17, 15) is 9.59 Å². The van der Waals surface area contributed by atoms with Crippen LogP contribution >= 0.6 is 11.6 Å². The number of benzene rings is 3. The Morgan fingerprint density at radius 2 is 1.46 bits per heavy atom. The average molecular weight is 395 g/mol. The van der Waals surface area contributed by atoms with Crippen molar-refractivity contribution >= 4 is 23.4 Å². The van der Waals surface area contributed by atoms with Crippen LogP contribution in [0, 0.1) is 0 Å². The molecule has 2 N–H and O–H groups in total. The summed E-state index contributed by atoms with van der Waals surface area (Å²) in [5.74, 6) is -0.0651. The Morgan fingerprint density at radius 1 is 0.786 bits per heavy atom. The monoisotopic (exact) mass is 394 g/mol. The number of halogens is 1. The van der Waals surface area contributed by atoms with Crippen LogP contribution in [0.2, 0.25) is 5.02 Å². The first kappa shape index (κ1) is 19.5. The minimum Gasteiger partial charge on any atom is -0.489 e. The van der Waals surface area contributed by atoms with E-state index in [0.29, 0.717) is 22.9 Å². The second kappa shape index (κ2) is 9.58. The predicted molar refractivity (Wildman–Crippen MR) is 108 cm³/mol. The fourth-order valence-electron chi connectivity index (χ4n) is 2.47. The van der Waals surface area contributed by atoms with Crippen LogP contribution in [0.4, 0.5) is 0 Å². The van der Waals surface area contributed by atoms with E-state index in [2.05, 4.69) is 10.9 Å². The van der Waals surface area contributed by atoms with Crippen molar-refractivity contribution in [2.45, 2.75) is 13.0 Å². The highest BCUT2D eigenvalue weighted by atomic mass is 35.5. The number of hydrazine groups is 1. The zero-order chi connectivity index (χ0) is 19.8. The number of ether oxygens (including phenoxy) is 1. The molecule has 3 aromatic rings. The summed E-state index contributed by atoms with van der Waals surface area (Å²) in [6.07, 6.45) is 0.143. The van der Waals surface area contributed by atoms with Gasteiger partial charge in [-0.2, -0.15) is 0 Å². The standard InChI is InChI=1S/C22H19ClN2O3/c23-19-10-6-16(7-11-19)14-21(26)24-25-22(27)18-8-12-20(13-9-18)28-15-17-4-2-1-3-5-17/h1-13H,14-15H2,(H,24,26)(H,25,27). The van der Waals surface area contributed by atoms with Gasteiger partial charge in [-0.15, -0.1) is 0 Å². The lowest BCUT2D eigenvalue weighted by molar-refractivity contribution is -0.121. The molecule has 0 spiro atoms. The molecule has 0 aliphatic rings. The van der Waals surface area contributed by atoms with E-state index >= 15 is 0 Å². The Balaban J connectivity index is 1.46. The van der Waals surface area contributed by atoms with Crippen LogP contribution in [-0.4, -0.2) is 11.8 Å². The van der Waals surface area contributed by atoms with E-state index in [0.717, 1.165) is 11.1 Å². The summed E-state index contributed by atoms with van der Waals surface area (Å²) in [6, 6.07) is 23.5. The third-order valence-electron chi connectivity index (χ3n) is 3.96. The number of amides is 2. The van der Waals surface area contributed by atoms with Gasteiger partial charge in [0.1, 0.15) is 12.4 Å². The van der Waals surface area contributed by atoms with Gasteiger partial charge < -0.3 is 4.74 Å². The molecule has 2 amide bonds. The van der Waals surface area contributed by atoms with Crippen LogP contribution < -0.4 is 15.6 Å².